The Balaban J connectivity index is 2.34. The summed E-state index contributed by atoms with van der Waals surface area (Å²) < 4.78 is 5.60. The van der Waals surface area contributed by atoms with Crippen LogP contribution in [0.15, 0.2) is 0 Å². The molecule has 3 nitrogen and oxygen atoms in total. The van der Waals surface area contributed by atoms with Crippen molar-refractivity contribution in [1.29, 1.82) is 0 Å². The average Bonchev–Trinajstić information content (AvgIpc) is 2.10. The lowest BCUT2D eigenvalue weighted by Crippen LogP contribution is -2.33. The molecule has 0 aromatic rings. The molecule has 1 saturated carbocycles. The van der Waals surface area contributed by atoms with Crippen molar-refractivity contribution in [2.45, 2.75) is 78.9 Å². The third-order valence-electron chi connectivity index (χ3n) is 3.74. The van der Waals surface area contributed by atoms with Crippen LogP contribution in [0.25, 0.3) is 0 Å². The highest BCUT2D eigenvalue weighted by Crippen LogP contribution is 2.30. The fourth-order valence-corrected chi connectivity index (χ4v) is 3.28. The van der Waals surface area contributed by atoms with E-state index in [0.717, 1.165) is 19.3 Å². The second kappa shape index (κ2) is 6.74. The number of hydrogen-bond donors (Lipinski definition) is 1. The van der Waals surface area contributed by atoms with Gasteiger partial charge in [-0.1, -0.05) is 34.6 Å². The van der Waals surface area contributed by atoms with Crippen molar-refractivity contribution in [2.75, 3.05) is 0 Å². The van der Waals surface area contributed by atoms with E-state index >= 15 is 0 Å². The van der Waals surface area contributed by atoms with Crippen LogP contribution < -0.4 is 5.73 Å². The minimum atomic E-state index is -0.122. The molecule has 0 aromatic heterocycles. The minimum Gasteiger partial charge on any atom is -0.462 e. The lowest BCUT2D eigenvalue weighted by Gasteiger charge is -2.31. The molecule has 3 unspecified atom stereocenters. The van der Waals surface area contributed by atoms with Crippen molar-refractivity contribution >= 4 is 5.97 Å². The van der Waals surface area contributed by atoms with E-state index in [0.29, 0.717) is 18.3 Å². The molecular formula is C16H31NO2. The first kappa shape index (κ1) is 16.5. The van der Waals surface area contributed by atoms with Gasteiger partial charge in [0.05, 0.1) is 6.42 Å². The number of rotatable bonds is 4. The lowest BCUT2D eigenvalue weighted by molar-refractivity contribution is -0.152. The predicted octanol–water partition coefficient (Wildman–Crippen LogP) is 3.51. The molecule has 0 aromatic carbocycles. The fourth-order valence-electron chi connectivity index (χ4n) is 3.28. The van der Waals surface area contributed by atoms with Crippen molar-refractivity contribution in [3.8, 4) is 0 Å². The maximum atomic E-state index is 11.9. The Morgan fingerprint density at radius 2 is 1.74 bits per heavy atom. The Bertz CT molecular complexity index is 286. The summed E-state index contributed by atoms with van der Waals surface area (Å²) in [4.78, 5) is 11.9. The first-order valence-corrected chi connectivity index (χ1v) is 7.61. The Kier molecular flexibility index (Phi) is 5.84. The summed E-state index contributed by atoms with van der Waals surface area (Å²) in [6.45, 7) is 10.9. The summed E-state index contributed by atoms with van der Waals surface area (Å²) in [5.41, 5.74) is 6.18. The van der Waals surface area contributed by atoms with E-state index in [-0.39, 0.29) is 23.5 Å². The van der Waals surface area contributed by atoms with E-state index < -0.39 is 0 Å². The molecule has 112 valence electrons. The van der Waals surface area contributed by atoms with Gasteiger partial charge in [0, 0.05) is 6.04 Å². The van der Waals surface area contributed by atoms with Crippen LogP contribution in [-0.2, 0) is 9.53 Å². The van der Waals surface area contributed by atoms with E-state index in [4.69, 9.17) is 10.5 Å². The summed E-state index contributed by atoms with van der Waals surface area (Å²) >= 11 is 0. The SMILES string of the molecule is CC1CC(C)CC(OC(=O)CC(N)CC(C)(C)C)C1. The average molecular weight is 269 g/mol. The summed E-state index contributed by atoms with van der Waals surface area (Å²) in [7, 11) is 0. The van der Waals surface area contributed by atoms with Crippen molar-refractivity contribution in [3.05, 3.63) is 0 Å². The topological polar surface area (TPSA) is 52.3 Å². The first-order chi connectivity index (χ1) is 8.65. The van der Waals surface area contributed by atoms with Crippen LogP contribution in [0.5, 0.6) is 0 Å². The van der Waals surface area contributed by atoms with Crippen LogP contribution in [0.3, 0.4) is 0 Å². The van der Waals surface area contributed by atoms with Crippen molar-refractivity contribution in [2.24, 2.45) is 23.0 Å². The number of carbonyl (C=O) groups excluding carboxylic acids is 1. The third kappa shape index (κ3) is 6.95. The van der Waals surface area contributed by atoms with Crippen LogP contribution >= 0.6 is 0 Å². The van der Waals surface area contributed by atoms with E-state index in [2.05, 4.69) is 34.6 Å². The number of esters is 1. The summed E-state index contributed by atoms with van der Waals surface area (Å²) in [6, 6.07) is -0.0917. The molecule has 0 saturated heterocycles. The summed E-state index contributed by atoms with van der Waals surface area (Å²) in [5, 5.41) is 0. The molecule has 0 spiro atoms. The zero-order valence-corrected chi connectivity index (χ0v) is 13.2. The maximum Gasteiger partial charge on any atom is 0.307 e. The van der Waals surface area contributed by atoms with Gasteiger partial charge in [-0.3, -0.25) is 4.79 Å². The van der Waals surface area contributed by atoms with Crippen LogP contribution in [0.4, 0.5) is 0 Å². The summed E-state index contributed by atoms with van der Waals surface area (Å²) in [6.07, 6.45) is 4.55. The van der Waals surface area contributed by atoms with Gasteiger partial charge >= 0.3 is 5.97 Å². The largest absolute Gasteiger partial charge is 0.462 e. The Morgan fingerprint density at radius 1 is 1.21 bits per heavy atom. The molecule has 1 aliphatic rings. The van der Waals surface area contributed by atoms with Crippen LogP contribution in [0.2, 0.25) is 0 Å². The zero-order valence-electron chi connectivity index (χ0n) is 13.2. The molecule has 0 bridgehead atoms. The second-order valence-electron chi connectivity index (χ2n) is 7.76. The minimum absolute atomic E-state index is 0.0917. The van der Waals surface area contributed by atoms with Crippen LogP contribution in [0, 0.1) is 17.3 Å². The monoisotopic (exact) mass is 269 g/mol. The number of hydrogen-bond acceptors (Lipinski definition) is 3. The van der Waals surface area contributed by atoms with Gasteiger partial charge in [0.15, 0.2) is 0 Å². The number of ether oxygens (including phenoxy) is 1. The van der Waals surface area contributed by atoms with Gasteiger partial charge in [-0.2, -0.15) is 0 Å². The molecule has 1 rings (SSSR count). The fraction of sp³-hybridized carbons (Fsp3) is 0.938. The molecular weight excluding hydrogens is 238 g/mol. The zero-order chi connectivity index (χ0) is 14.6. The Morgan fingerprint density at radius 3 is 2.21 bits per heavy atom. The number of carbonyl (C=O) groups is 1. The standard InChI is InChI=1S/C16H31NO2/c1-11-6-12(2)8-14(7-11)19-15(18)9-13(17)10-16(3,4)5/h11-14H,6-10,17H2,1-5H3. The van der Waals surface area contributed by atoms with E-state index in [1.807, 2.05) is 0 Å². The van der Waals surface area contributed by atoms with E-state index in [1.54, 1.807) is 0 Å². The van der Waals surface area contributed by atoms with Gasteiger partial charge in [0.2, 0.25) is 0 Å². The summed E-state index contributed by atoms with van der Waals surface area (Å²) in [5.74, 6) is 1.19. The molecule has 3 heteroatoms. The van der Waals surface area contributed by atoms with Crippen molar-refractivity contribution in [3.63, 3.8) is 0 Å². The molecule has 1 aliphatic carbocycles. The lowest BCUT2D eigenvalue weighted by atomic mass is 9.82. The van der Waals surface area contributed by atoms with Crippen molar-refractivity contribution < 1.29 is 9.53 Å². The van der Waals surface area contributed by atoms with Gasteiger partial charge in [0.1, 0.15) is 6.10 Å². The first-order valence-electron chi connectivity index (χ1n) is 7.61. The van der Waals surface area contributed by atoms with Gasteiger partial charge < -0.3 is 10.5 Å². The molecule has 1 fully saturated rings. The third-order valence-corrected chi connectivity index (χ3v) is 3.74. The molecule has 19 heavy (non-hydrogen) atoms. The highest BCUT2D eigenvalue weighted by Gasteiger charge is 2.27. The molecule has 0 heterocycles. The normalized spacial score (nSPS) is 29.9. The van der Waals surface area contributed by atoms with Gasteiger partial charge in [-0.05, 0) is 42.9 Å². The smallest absolute Gasteiger partial charge is 0.307 e. The van der Waals surface area contributed by atoms with E-state index in [1.165, 1.54) is 6.42 Å². The molecule has 3 atom stereocenters. The Labute approximate surface area is 118 Å². The van der Waals surface area contributed by atoms with E-state index in [9.17, 15) is 4.79 Å². The molecule has 0 radical (unpaired) electrons. The van der Waals surface area contributed by atoms with Gasteiger partial charge in [-0.25, -0.2) is 0 Å². The van der Waals surface area contributed by atoms with Gasteiger partial charge in [-0.15, -0.1) is 0 Å². The molecule has 0 amide bonds. The Hall–Kier alpha value is -0.570. The molecule has 0 aliphatic heterocycles. The van der Waals surface area contributed by atoms with Crippen LogP contribution in [0.1, 0.15) is 66.7 Å². The maximum absolute atomic E-state index is 11.9. The predicted molar refractivity (Wildman–Crippen MR) is 78.7 cm³/mol. The highest BCUT2D eigenvalue weighted by molar-refractivity contribution is 5.70. The quantitative estimate of drug-likeness (QED) is 0.795. The molecule has 2 N–H and O–H groups in total. The van der Waals surface area contributed by atoms with Crippen LogP contribution in [-0.4, -0.2) is 18.1 Å². The van der Waals surface area contributed by atoms with Crippen molar-refractivity contribution in [1.82, 2.24) is 0 Å². The number of nitrogens with two attached hydrogens (primary N) is 1. The highest BCUT2D eigenvalue weighted by atomic mass is 16.5. The second-order valence-corrected chi connectivity index (χ2v) is 7.76. The van der Waals surface area contributed by atoms with Gasteiger partial charge in [0.25, 0.3) is 0 Å².